The van der Waals surface area contributed by atoms with Gasteiger partial charge in [-0.1, -0.05) is 19.9 Å². The molecule has 0 radical (unpaired) electrons. The summed E-state index contributed by atoms with van der Waals surface area (Å²) in [6, 6.07) is 5.61. The maximum atomic E-state index is 12.1. The molecule has 33 heavy (non-hydrogen) atoms. The second kappa shape index (κ2) is 13.0. The summed E-state index contributed by atoms with van der Waals surface area (Å²) in [5.74, 6) is 1.42. The van der Waals surface area contributed by atoms with Crippen LogP contribution >= 0.6 is 0 Å². The Kier molecular flexibility index (Phi) is 10.4. The Morgan fingerprint density at radius 1 is 1.15 bits per heavy atom. The van der Waals surface area contributed by atoms with E-state index >= 15 is 0 Å². The van der Waals surface area contributed by atoms with Gasteiger partial charge < -0.3 is 19.7 Å². The number of nitrogens with zero attached hydrogens (tertiary/aromatic N) is 2. The predicted octanol–water partition coefficient (Wildman–Crippen LogP) is 4.88. The van der Waals surface area contributed by atoms with E-state index < -0.39 is 0 Å². The molecule has 180 valence electrons. The number of nitrogens with one attached hydrogen (secondary N) is 1. The van der Waals surface area contributed by atoms with Crippen LogP contribution in [0.5, 0.6) is 11.5 Å². The minimum Gasteiger partial charge on any atom is -0.493 e. The highest BCUT2D eigenvalue weighted by Crippen LogP contribution is 2.31. The number of ether oxygens (including phenoxy) is 2. The van der Waals surface area contributed by atoms with Crippen LogP contribution < -0.4 is 14.8 Å². The molecule has 1 N–H and O–H groups in total. The number of rotatable bonds is 10. The molecule has 1 aromatic rings. The molecule has 0 saturated carbocycles. The Balaban J connectivity index is 2.55. The van der Waals surface area contributed by atoms with Crippen LogP contribution in [0.2, 0.25) is 0 Å². The van der Waals surface area contributed by atoms with Gasteiger partial charge in [0.25, 0.3) is 0 Å². The fourth-order valence-electron chi connectivity index (χ4n) is 3.85. The lowest BCUT2D eigenvalue weighted by molar-refractivity contribution is -0.112. The van der Waals surface area contributed by atoms with Gasteiger partial charge in [0.15, 0.2) is 17.3 Å². The SMILES string of the molecule is C\C=C(/C=C(C)\C(=N\C(=C/C(C)=O)c1ccc(OC)c(OC)c1)C(C)CC)N1CCNCC1. The summed E-state index contributed by atoms with van der Waals surface area (Å²) in [5, 5.41) is 3.41. The largest absolute Gasteiger partial charge is 0.493 e. The molecule has 1 heterocycles. The van der Waals surface area contributed by atoms with E-state index in [1.807, 2.05) is 18.2 Å². The minimum absolute atomic E-state index is 0.0522. The van der Waals surface area contributed by atoms with E-state index in [2.05, 4.69) is 50.1 Å². The molecule has 6 nitrogen and oxygen atoms in total. The van der Waals surface area contributed by atoms with E-state index in [1.54, 1.807) is 27.2 Å². The van der Waals surface area contributed by atoms with Crippen molar-refractivity contribution in [3.63, 3.8) is 0 Å². The average molecular weight is 454 g/mol. The lowest BCUT2D eigenvalue weighted by atomic mass is 9.95. The van der Waals surface area contributed by atoms with E-state index in [-0.39, 0.29) is 11.7 Å². The van der Waals surface area contributed by atoms with Crippen molar-refractivity contribution in [3.8, 4) is 11.5 Å². The normalized spacial score (nSPS) is 17.1. The summed E-state index contributed by atoms with van der Waals surface area (Å²) in [6.07, 6.45) is 6.91. The van der Waals surface area contributed by atoms with Gasteiger partial charge in [-0.05, 0) is 63.0 Å². The van der Waals surface area contributed by atoms with Crippen molar-refractivity contribution in [2.45, 2.75) is 41.0 Å². The number of aliphatic imine (C=N–C) groups is 1. The third-order valence-electron chi connectivity index (χ3n) is 5.89. The van der Waals surface area contributed by atoms with Gasteiger partial charge in [-0.15, -0.1) is 0 Å². The van der Waals surface area contributed by atoms with Crippen molar-refractivity contribution in [3.05, 3.63) is 53.3 Å². The summed E-state index contributed by atoms with van der Waals surface area (Å²) in [6.45, 7) is 14.0. The van der Waals surface area contributed by atoms with Crippen LogP contribution in [0, 0.1) is 5.92 Å². The van der Waals surface area contributed by atoms with Crippen molar-refractivity contribution in [2.24, 2.45) is 10.9 Å². The molecule has 1 aromatic carbocycles. The summed E-state index contributed by atoms with van der Waals surface area (Å²) < 4.78 is 10.8. The van der Waals surface area contributed by atoms with Crippen LogP contribution in [0.3, 0.4) is 0 Å². The van der Waals surface area contributed by atoms with Crippen LogP contribution in [0.4, 0.5) is 0 Å². The Hall–Kier alpha value is -2.86. The maximum absolute atomic E-state index is 12.1. The molecule has 1 unspecified atom stereocenters. The van der Waals surface area contributed by atoms with Gasteiger partial charge in [0.1, 0.15) is 0 Å². The predicted molar refractivity (Wildman–Crippen MR) is 137 cm³/mol. The summed E-state index contributed by atoms with van der Waals surface area (Å²) in [7, 11) is 3.21. The van der Waals surface area contributed by atoms with Crippen LogP contribution in [0.1, 0.15) is 46.6 Å². The molecular formula is C27H39N3O3. The number of carbonyl (C=O) groups excluding carboxylic acids is 1. The van der Waals surface area contributed by atoms with Crippen LogP contribution in [-0.2, 0) is 4.79 Å². The van der Waals surface area contributed by atoms with Crippen LogP contribution in [0.15, 0.2) is 52.7 Å². The number of methoxy groups -OCH3 is 2. The summed E-state index contributed by atoms with van der Waals surface area (Å²) in [4.78, 5) is 19.5. The molecular weight excluding hydrogens is 414 g/mol. The number of carbonyl (C=O) groups is 1. The number of piperazine rings is 1. The Labute approximate surface area is 199 Å². The van der Waals surface area contributed by atoms with Crippen LogP contribution in [0.25, 0.3) is 5.70 Å². The zero-order chi connectivity index (χ0) is 24.4. The van der Waals surface area contributed by atoms with Gasteiger partial charge in [0.2, 0.25) is 0 Å². The third kappa shape index (κ3) is 7.32. The van der Waals surface area contributed by atoms with E-state index in [1.165, 1.54) is 5.70 Å². The molecule has 1 fully saturated rings. The number of ketones is 1. The highest BCUT2D eigenvalue weighted by Gasteiger charge is 2.17. The van der Waals surface area contributed by atoms with E-state index in [9.17, 15) is 4.79 Å². The lowest BCUT2D eigenvalue weighted by Gasteiger charge is -2.30. The topological polar surface area (TPSA) is 63.2 Å². The molecule has 1 atom stereocenters. The monoisotopic (exact) mass is 453 g/mol. The molecule has 0 aromatic heterocycles. The second-order valence-corrected chi connectivity index (χ2v) is 8.29. The number of benzene rings is 1. The first kappa shape index (κ1) is 26.4. The van der Waals surface area contributed by atoms with Gasteiger partial charge in [-0.25, -0.2) is 0 Å². The van der Waals surface area contributed by atoms with Gasteiger partial charge in [0.05, 0.1) is 19.9 Å². The quantitative estimate of drug-likeness (QED) is 0.311. The molecule has 1 aliphatic heterocycles. The van der Waals surface area contributed by atoms with E-state index in [4.69, 9.17) is 14.5 Å². The Bertz CT molecular complexity index is 938. The zero-order valence-corrected chi connectivity index (χ0v) is 21.2. The Morgan fingerprint density at radius 2 is 1.82 bits per heavy atom. The first-order chi connectivity index (χ1) is 15.8. The molecule has 1 aliphatic rings. The minimum atomic E-state index is -0.0522. The van der Waals surface area contributed by atoms with Gasteiger partial charge >= 0.3 is 0 Å². The smallest absolute Gasteiger partial charge is 0.161 e. The molecule has 2 rings (SSSR count). The highest BCUT2D eigenvalue weighted by atomic mass is 16.5. The Morgan fingerprint density at radius 3 is 2.36 bits per heavy atom. The molecule has 0 aliphatic carbocycles. The molecule has 0 amide bonds. The number of allylic oxidation sites excluding steroid dienone is 4. The van der Waals surface area contributed by atoms with E-state index in [0.29, 0.717) is 17.2 Å². The molecule has 6 heteroatoms. The summed E-state index contributed by atoms with van der Waals surface area (Å²) >= 11 is 0. The van der Waals surface area contributed by atoms with Crippen molar-refractivity contribution >= 4 is 17.2 Å². The molecule has 1 saturated heterocycles. The fourth-order valence-corrected chi connectivity index (χ4v) is 3.85. The van der Waals surface area contributed by atoms with Crippen molar-refractivity contribution in [1.82, 2.24) is 10.2 Å². The zero-order valence-electron chi connectivity index (χ0n) is 21.2. The number of hydrogen-bond acceptors (Lipinski definition) is 6. The van der Waals surface area contributed by atoms with E-state index in [0.717, 1.165) is 49.4 Å². The highest BCUT2D eigenvalue weighted by molar-refractivity contribution is 6.06. The first-order valence-electron chi connectivity index (χ1n) is 11.7. The fraction of sp³-hybridized carbons (Fsp3) is 0.481. The second-order valence-electron chi connectivity index (χ2n) is 8.29. The van der Waals surface area contributed by atoms with Gasteiger partial charge in [0, 0.05) is 49.2 Å². The van der Waals surface area contributed by atoms with Crippen molar-refractivity contribution in [1.29, 1.82) is 0 Å². The molecule has 0 spiro atoms. The van der Waals surface area contributed by atoms with Crippen molar-refractivity contribution in [2.75, 3.05) is 40.4 Å². The first-order valence-corrected chi connectivity index (χ1v) is 11.7. The summed E-state index contributed by atoms with van der Waals surface area (Å²) in [5.41, 5.74) is 4.72. The lowest BCUT2D eigenvalue weighted by Crippen LogP contribution is -2.42. The van der Waals surface area contributed by atoms with Gasteiger partial charge in [-0.2, -0.15) is 0 Å². The standard InChI is InChI=1S/C27H39N3O3/c1-8-19(3)27(20(4)16-23(9-2)30-14-12-28-13-15-30)29-24(17-21(5)31)22-10-11-25(32-6)26(18-22)33-7/h9-11,16-19,28H,8,12-15H2,1-7H3/b20-16-,23-9+,24-17-,29-27+. The average Bonchev–Trinajstić information content (AvgIpc) is 2.84. The maximum Gasteiger partial charge on any atom is 0.161 e. The third-order valence-corrected chi connectivity index (χ3v) is 5.89. The van der Waals surface area contributed by atoms with Gasteiger partial charge in [-0.3, -0.25) is 9.79 Å². The number of hydrogen-bond donors (Lipinski definition) is 1. The van der Waals surface area contributed by atoms with Crippen molar-refractivity contribution < 1.29 is 14.3 Å². The molecule has 0 bridgehead atoms. The van der Waals surface area contributed by atoms with Crippen LogP contribution in [-0.4, -0.2) is 56.8 Å².